The number of carbonyl (C=O) groups is 1. The molecule has 0 atom stereocenters. The molecule has 1 rings (SSSR count). The molecule has 22 heavy (non-hydrogen) atoms. The van der Waals surface area contributed by atoms with Gasteiger partial charge in [0.1, 0.15) is 11.6 Å². The Labute approximate surface area is 133 Å². The number of amides is 1. The van der Waals surface area contributed by atoms with Crippen molar-refractivity contribution in [2.45, 2.75) is 40.0 Å². The van der Waals surface area contributed by atoms with E-state index >= 15 is 0 Å². The lowest BCUT2D eigenvalue weighted by molar-refractivity contribution is -0.112. The second-order valence-electron chi connectivity index (χ2n) is 5.31. The van der Waals surface area contributed by atoms with Gasteiger partial charge >= 0.3 is 0 Å². The summed E-state index contributed by atoms with van der Waals surface area (Å²) >= 11 is 0. The lowest BCUT2D eigenvalue weighted by Gasteiger charge is -2.19. The molecule has 0 aromatic heterocycles. The summed E-state index contributed by atoms with van der Waals surface area (Å²) in [5, 5.41) is 12.1. The first-order chi connectivity index (χ1) is 10.6. The van der Waals surface area contributed by atoms with Gasteiger partial charge in [-0.25, -0.2) is 0 Å². The molecular formula is C18H25N3O. The number of para-hydroxylation sites is 1. The first-order valence-electron chi connectivity index (χ1n) is 7.85. The summed E-state index contributed by atoms with van der Waals surface area (Å²) in [5.74, 6) is -0.352. The summed E-state index contributed by atoms with van der Waals surface area (Å²) in [6, 6.07) is 9.56. The molecular weight excluding hydrogens is 274 g/mol. The zero-order valence-corrected chi connectivity index (χ0v) is 13.7. The maximum Gasteiger partial charge on any atom is 0.267 e. The van der Waals surface area contributed by atoms with Crippen LogP contribution in [-0.4, -0.2) is 23.9 Å². The van der Waals surface area contributed by atoms with Gasteiger partial charge in [-0.3, -0.25) is 4.79 Å². The third kappa shape index (κ3) is 5.61. The molecule has 1 N–H and O–H groups in total. The van der Waals surface area contributed by atoms with Crippen LogP contribution in [0.15, 0.2) is 36.0 Å². The largest absolute Gasteiger partial charge is 0.376 e. The fourth-order valence-electron chi connectivity index (χ4n) is 2.11. The number of benzene rings is 1. The summed E-state index contributed by atoms with van der Waals surface area (Å²) in [7, 11) is 0. The van der Waals surface area contributed by atoms with Crippen molar-refractivity contribution in [1.29, 1.82) is 5.26 Å². The highest BCUT2D eigenvalue weighted by molar-refractivity contribution is 6.06. The Balaban J connectivity index is 2.84. The summed E-state index contributed by atoms with van der Waals surface area (Å²) in [5.41, 5.74) is 1.86. The van der Waals surface area contributed by atoms with Crippen molar-refractivity contribution in [3.63, 3.8) is 0 Å². The summed E-state index contributed by atoms with van der Waals surface area (Å²) < 4.78 is 0. The molecule has 0 fully saturated rings. The monoisotopic (exact) mass is 299 g/mol. The second-order valence-corrected chi connectivity index (χ2v) is 5.31. The Kier molecular flexibility index (Phi) is 7.77. The average molecular weight is 299 g/mol. The molecule has 0 aliphatic heterocycles. The third-order valence-electron chi connectivity index (χ3n) is 3.38. The molecule has 0 aliphatic rings. The van der Waals surface area contributed by atoms with Crippen molar-refractivity contribution in [2.24, 2.45) is 0 Å². The maximum atomic E-state index is 12.3. The summed E-state index contributed by atoms with van der Waals surface area (Å²) in [4.78, 5) is 14.3. The van der Waals surface area contributed by atoms with Crippen LogP contribution in [0, 0.1) is 18.3 Å². The van der Waals surface area contributed by atoms with Gasteiger partial charge in [0.15, 0.2) is 0 Å². The predicted octanol–water partition coefficient (Wildman–Crippen LogP) is 3.85. The van der Waals surface area contributed by atoms with Gasteiger partial charge in [-0.15, -0.1) is 0 Å². The molecule has 1 aromatic rings. The Hall–Kier alpha value is -2.28. The number of anilines is 1. The van der Waals surface area contributed by atoms with Crippen molar-refractivity contribution in [3.05, 3.63) is 41.6 Å². The zero-order chi connectivity index (χ0) is 16.4. The molecule has 0 heterocycles. The number of nitriles is 1. The van der Waals surface area contributed by atoms with E-state index in [1.165, 1.54) is 0 Å². The van der Waals surface area contributed by atoms with Gasteiger partial charge < -0.3 is 10.2 Å². The fraction of sp³-hybridized carbons (Fsp3) is 0.444. The van der Waals surface area contributed by atoms with Crippen molar-refractivity contribution in [2.75, 3.05) is 18.4 Å². The smallest absolute Gasteiger partial charge is 0.267 e. The first-order valence-corrected chi connectivity index (χ1v) is 7.85. The van der Waals surface area contributed by atoms with Crippen molar-refractivity contribution in [3.8, 4) is 6.07 Å². The minimum absolute atomic E-state index is 0.146. The number of rotatable bonds is 8. The van der Waals surface area contributed by atoms with Crippen LogP contribution in [0.2, 0.25) is 0 Å². The van der Waals surface area contributed by atoms with E-state index in [0.29, 0.717) is 0 Å². The molecule has 0 aliphatic carbocycles. The Morgan fingerprint density at radius 2 is 2.00 bits per heavy atom. The number of aryl methyl sites for hydroxylation is 1. The maximum absolute atomic E-state index is 12.3. The van der Waals surface area contributed by atoms with E-state index in [1.807, 2.05) is 37.3 Å². The van der Waals surface area contributed by atoms with Crippen LogP contribution in [0.4, 0.5) is 5.69 Å². The molecule has 0 unspecified atom stereocenters. The van der Waals surface area contributed by atoms with Gasteiger partial charge in [0.2, 0.25) is 0 Å². The highest BCUT2D eigenvalue weighted by Crippen LogP contribution is 2.14. The van der Waals surface area contributed by atoms with E-state index in [2.05, 4.69) is 24.1 Å². The van der Waals surface area contributed by atoms with Gasteiger partial charge in [0, 0.05) is 25.0 Å². The average Bonchev–Trinajstić information content (AvgIpc) is 2.52. The molecule has 1 aromatic carbocycles. The van der Waals surface area contributed by atoms with Crippen LogP contribution < -0.4 is 5.32 Å². The lowest BCUT2D eigenvalue weighted by Crippen LogP contribution is -2.23. The quantitative estimate of drug-likeness (QED) is 0.586. The third-order valence-corrected chi connectivity index (χ3v) is 3.38. The molecule has 0 saturated carbocycles. The molecule has 4 nitrogen and oxygen atoms in total. The minimum atomic E-state index is -0.352. The highest BCUT2D eigenvalue weighted by Gasteiger charge is 2.12. The number of hydrogen-bond acceptors (Lipinski definition) is 3. The van der Waals surface area contributed by atoms with Crippen LogP contribution in [-0.2, 0) is 4.79 Å². The van der Waals surface area contributed by atoms with Crippen LogP contribution >= 0.6 is 0 Å². The molecule has 0 bridgehead atoms. The normalized spacial score (nSPS) is 10.9. The standard InChI is InChI=1S/C18H25N3O/c1-4-6-12-21(11-5-2)14-16(13-19)18(22)20-17-10-8-7-9-15(17)3/h7-10,14H,4-6,11-12H2,1-3H3,(H,20,22)/b16-14-. The van der Waals surface area contributed by atoms with Crippen LogP contribution in [0.3, 0.4) is 0 Å². The Bertz CT molecular complexity index is 558. The molecule has 0 radical (unpaired) electrons. The number of unbranched alkanes of at least 4 members (excludes halogenated alkanes) is 1. The van der Waals surface area contributed by atoms with Crippen molar-refractivity contribution < 1.29 is 4.79 Å². The SMILES string of the molecule is CCCCN(/C=C(/C#N)C(=O)Nc1ccccc1C)CCC. The number of hydrogen-bond donors (Lipinski definition) is 1. The van der Waals surface area contributed by atoms with E-state index in [4.69, 9.17) is 0 Å². The molecule has 1 amide bonds. The number of nitrogens with one attached hydrogen (secondary N) is 1. The highest BCUT2D eigenvalue weighted by atomic mass is 16.1. The van der Waals surface area contributed by atoms with Crippen LogP contribution in [0.5, 0.6) is 0 Å². The Morgan fingerprint density at radius 3 is 2.59 bits per heavy atom. The van der Waals surface area contributed by atoms with E-state index < -0.39 is 0 Å². The topological polar surface area (TPSA) is 56.1 Å². The van der Waals surface area contributed by atoms with Crippen molar-refractivity contribution >= 4 is 11.6 Å². The lowest BCUT2D eigenvalue weighted by atomic mass is 10.2. The zero-order valence-electron chi connectivity index (χ0n) is 13.7. The van der Waals surface area contributed by atoms with Gasteiger partial charge in [0.05, 0.1) is 0 Å². The Morgan fingerprint density at radius 1 is 1.27 bits per heavy atom. The van der Waals surface area contributed by atoms with Gasteiger partial charge in [-0.1, -0.05) is 38.5 Å². The van der Waals surface area contributed by atoms with Gasteiger partial charge in [-0.2, -0.15) is 5.26 Å². The minimum Gasteiger partial charge on any atom is -0.376 e. The van der Waals surface area contributed by atoms with E-state index in [0.717, 1.165) is 43.6 Å². The fourth-order valence-corrected chi connectivity index (χ4v) is 2.11. The summed E-state index contributed by atoms with van der Waals surface area (Å²) in [6.07, 6.45) is 4.81. The molecule has 4 heteroatoms. The predicted molar refractivity (Wildman–Crippen MR) is 90.3 cm³/mol. The molecule has 118 valence electrons. The van der Waals surface area contributed by atoms with Gasteiger partial charge in [-0.05, 0) is 31.4 Å². The molecule has 0 saturated heterocycles. The van der Waals surface area contributed by atoms with E-state index in [-0.39, 0.29) is 11.5 Å². The van der Waals surface area contributed by atoms with Crippen LogP contribution in [0.25, 0.3) is 0 Å². The van der Waals surface area contributed by atoms with Crippen molar-refractivity contribution in [1.82, 2.24) is 4.90 Å². The summed E-state index contributed by atoms with van der Waals surface area (Å²) in [6.45, 7) is 7.86. The van der Waals surface area contributed by atoms with Gasteiger partial charge in [0.25, 0.3) is 5.91 Å². The number of nitrogens with zero attached hydrogens (tertiary/aromatic N) is 2. The number of carbonyl (C=O) groups excluding carboxylic acids is 1. The van der Waals surface area contributed by atoms with E-state index in [9.17, 15) is 10.1 Å². The first kappa shape index (κ1) is 17.8. The van der Waals surface area contributed by atoms with Crippen LogP contribution in [0.1, 0.15) is 38.7 Å². The second kappa shape index (κ2) is 9.62. The molecule has 0 spiro atoms. The van der Waals surface area contributed by atoms with E-state index in [1.54, 1.807) is 6.20 Å².